The molecule has 0 radical (unpaired) electrons. The highest BCUT2D eigenvalue weighted by Gasteiger charge is 2.41. The molecule has 0 aliphatic carbocycles. The van der Waals surface area contributed by atoms with E-state index in [9.17, 15) is 0 Å². The van der Waals surface area contributed by atoms with E-state index >= 15 is 0 Å². The van der Waals surface area contributed by atoms with E-state index in [4.69, 9.17) is 4.43 Å². The SMILES string of the molecule is C[SiH](C)OC(C1CNCC1c1ccccc1)C(C)(C)C. The molecule has 2 rings (SSSR count). The van der Waals surface area contributed by atoms with Crippen molar-refractivity contribution in [2.75, 3.05) is 13.1 Å². The topological polar surface area (TPSA) is 21.3 Å². The van der Waals surface area contributed by atoms with Crippen LogP contribution in [0, 0.1) is 11.3 Å². The minimum Gasteiger partial charge on any atom is -0.417 e. The second kappa shape index (κ2) is 6.42. The van der Waals surface area contributed by atoms with Crippen molar-refractivity contribution in [2.24, 2.45) is 11.3 Å². The molecule has 1 N–H and O–H groups in total. The van der Waals surface area contributed by atoms with Crippen LogP contribution in [0.1, 0.15) is 32.3 Å². The Morgan fingerprint density at radius 1 is 1.15 bits per heavy atom. The summed E-state index contributed by atoms with van der Waals surface area (Å²) in [4.78, 5) is 0. The molecule has 0 aromatic heterocycles. The van der Waals surface area contributed by atoms with Gasteiger partial charge in [0.05, 0.1) is 6.10 Å². The first kappa shape index (κ1) is 15.7. The normalized spacial score (nSPS) is 25.1. The summed E-state index contributed by atoms with van der Waals surface area (Å²) in [6, 6.07) is 10.9. The van der Waals surface area contributed by atoms with Crippen LogP contribution in [-0.4, -0.2) is 28.2 Å². The van der Waals surface area contributed by atoms with Gasteiger partial charge in [0.1, 0.15) is 0 Å². The second-order valence-electron chi connectivity index (χ2n) is 7.31. The predicted octanol–water partition coefficient (Wildman–Crippen LogP) is 3.40. The number of benzene rings is 1. The Labute approximate surface area is 125 Å². The number of rotatable bonds is 4. The van der Waals surface area contributed by atoms with E-state index in [2.05, 4.69) is 69.5 Å². The van der Waals surface area contributed by atoms with Gasteiger partial charge in [0, 0.05) is 24.9 Å². The summed E-state index contributed by atoms with van der Waals surface area (Å²) in [7, 11) is -1.03. The lowest BCUT2D eigenvalue weighted by atomic mass is 9.75. The first-order chi connectivity index (χ1) is 9.39. The van der Waals surface area contributed by atoms with Gasteiger partial charge in [-0.1, -0.05) is 51.1 Å². The van der Waals surface area contributed by atoms with Crippen LogP contribution >= 0.6 is 0 Å². The average Bonchev–Trinajstić information content (AvgIpc) is 2.84. The number of nitrogens with one attached hydrogen (secondary N) is 1. The van der Waals surface area contributed by atoms with Crippen LogP contribution in [-0.2, 0) is 4.43 Å². The number of hydrogen-bond acceptors (Lipinski definition) is 2. The lowest BCUT2D eigenvalue weighted by Crippen LogP contribution is -2.42. The highest BCUT2D eigenvalue weighted by Crippen LogP contribution is 2.39. The van der Waals surface area contributed by atoms with E-state index in [0.717, 1.165) is 13.1 Å². The quantitative estimate of drug-likeness (QED) is 0.859. The Morgan fingerprint density at radius 3 is 2.35 bits per heavy atom. The fourth-order valence-corrected chi connectivity index (χ4v) is 4.52. The van der Waals surface area contributed by atoms with Crippen molar-refractivity contribution in [1.29, 1.82) is 0 Å². The van der Waals surface area contributed by atoms with Crippen LogP contribution < -0.4 is 5.32 Å². The molecule has 2 nitrogen and oxygen atoms in total. The first-order valence-corrected chi connectivity index (χ1v) is 10.6. The van der Waals surface area contributed by atoms with Crippen molar-refractivity contribution in [3.8, 4) is 0 Å². The standard InChI is InChI=1S/C17H29NOSi/c1-17(2,3)16(19-20(4)5)15-12-18-11-14(15)13-9-7-6-8-10-13/h6-10,14-16,18,20H,11-12H2,1-5H3. The Morgan fingerprint density at radius 2 is 1.80 bits per heavy atom. The summed E-state index contributed by atoms with van der Waals surface area (Å²) >= 11 is 0. The van der Waals surface area contributed by atoms with Crippen molar-refractivity contribution < 1.29 is 4.43 Å². The molecule has 3 heteroatoms. The molecule has 0 bridgehead atoms. The van der Waals surface area contributed by atoms with E-state index < -0.39 is 9.04 Å². The fourth-order valence-electron chi connectivity index (χ4n) is 3.32. The zero-order chi connectivity index (χ0) is 14.8. The molecule has 0 saturated carbocycles. The molecule has 0 spiro atoms. The maximum atomic E-state index is 6.45. The van der Waals surface area contributed by atoms with Crippen molar-refractivity contribution in [2.45, 2.75) is 45.9 Å². The van der Waals surface area contributed by atoms with Gasteiger partial charge in [0.15, 0.2) is 9.04 Å². The van der Waals surface area contributed by atoms with E-state index in [-0.39, 0.29) is 5.41 Å². The lowest BCUT2D eigenvalue weighted by molar-refractivity contribution is 0.0339. The minimum atomic E-state index is -1.03. The van der Waals surface area contributed by atoms with Crippen molar-refractivity contribution >= 4 is 9.04 Å². The lowest BCUT2D eigenvalue weighted by Gasteiger charge is -2.39. The molecule has 20 heavy (non-hydrogen) atoms. The summed E-state index contributed by atoms with van der Waals surface area (Å²) in [5, 5.41) is 3.58. The zero-order valence-electron chi connectivity index (χ0n) is 13.5. The summed E-state index contributed by atoms with van der Waals surface area (Å²) in [5.74, 6) is 1.15. The van der Waals surface area contributed by atoms with Gasteiger partial charge in [-0.3, -0.25) is 0 Å². The van der Waals surface area contributed by atoms with Crippen LogP contribution in [0.25, 0.3) is 0 Å². The third kappa shape index (κ3) is 3.71. The molecule has 1 saturated heterocycles. The Balaban J connectivity index is 2.23. The monoisotopic (exact) mass is 291 g/mol. The van der Waals surface area contributed by atoms with E-state index in [0.29, 0.717) is 17.9 Å². The molecule has 1 fully saturated rings. The third-order valence-corrected chi connectivity index (χ3v) is 4.99. The molecule has 3 unspecified atom stereocenters. The minimum absolute atomic E-state index is 0.195. The second-order valence-corrected chi connectivity index (χ2v) is 9.68. The van der Waals surface area contributed by atoms with E-state index in [1.54, 1.807) is 0 Å². The summed E-state index contributed by atoms with van der Waals surface area (Å²) in [5.41, 5.74) is 1.65. The largest absolute Gasteiger partial charge is 0.417 e. The van der Waals surface area contributed by atoms with Gasteiger partial charge in [-0.05, 0) is 24.1 Å². The van der Waals surface area contributed by atoms with Gasteiger partial charge >= 0.3 is 0 Å². The maximum absolute atomic E-state index is 6.45. The molecule has 1 aromatic carbocycles. The summed E-state index contributed by atoms with van der Waals surface area (Å²) in [6.45, 7) is 13.6. The number of hydrogen-bond donors (Lipinski definition) is 1. The summed E-state index contributed by atoms with van der Waals surface area (Å²) < 4.78 is 6.45. The highest BCUT2D eigenvalue weighted by atomic mass is 28.3. The van der Waals surface area contributed by atoms with Gasteiger partial charge in [-0.15, -0.1) is 0 Å². The molecule has 112 valence electrons. The van der Waals surface area contributed by atoms with E-state index in [1.807, 2.05) is 0 Å². The van der Waals surface area contributed by atoms with Crippen LogP contribution in [0.3, 0.4) is 0 Å². The van der Waals surface area contributed by atoms with Crippen LogP contribution in [0.15, 0.2) is 30.3 Å². The van der Waals surface area contributed by atoms with Crippen LogP contribution in [0.2, 0.25) is 13.1 Å². The maximum Gasteiger partial charge on any atom is 0.171 e. The Kier molecular flexibility index (Phi) is 5.05. The third-order valence-electron chi connectivity index (χ3n) is 4.15. The smallest absolute Gasteiger partial charge is 0.171 e. The Bertz CT molecular complexity index is 413. The molecule has 1 aromatic rings. The fraction of sp³-hybridized carbons (Fsp3) is 0.647. The molecule has 1 heterocycles. The van der Waals surface area contributed by atoms with Crippen molar-refractivity contribution in [3.05, 3.63) is 35.9 Å². The van der Waals surface area contributed by atoms with Crippen LogP contribution in [0.4, 0.5) is 0 Å². The summed E-state index contributed by atoms with van der Waals surface area (Å²) in [6.07, 6.45) is 0.342. The molecule has 1 aliphatic rings. The predicted molar refractivity (Wildman–Crippen MR) is 88.7 cm³/mol. The van der Waals surface area contributed by atoms with Gasteiger partial charge in [-0.2, -0.15) is 0 Å². The van der Waals surface area contributed by atoms with E-state index in [1.165, 1.54) is 5.56 Å². The first-order valence-electron chi connectivity index (χ1n) is 7.80. The van der Waals surface area contributed by atoms with Gasteiger partial charge < -0.3 is 9.74 Å². The van der Waals surface area contributed by atoms with Gasteiger partial charge in [0.2, 0.25) is 0 Å². The average molecular weight is 292 g/mol. The van der Waals surface area contributed by atoms with Crippen molar-refractivity contribution in [1.82, 2.24) is 5.32 Å². The zero-order valence-corrected chi connectivity index (χ0v) is 14.7. The molecule has 3 atom stereocenters. The molecule has 1 aliphatic heterocycles. The van der Waals surface area contributed by atoms with Gasteiger partial charge in [0.25, 0.3) is 0 Å². The van der Waals surface area contributed by atoms with Crippen molar-refractivity contribution in [3.63, 3.8) is 0 Å². The molecule has 0 amide bonds. The Hall–Kier alpha value is -0.643. The molecular formula is C17H29NOSi. The van der Waals surface area contributed by atoms with Gasteiger partial charge in [-0.25, -0.2) is 0 Å². The highest BCUT2D eigenvalue weighted by molar-refractivity contribution is 6.48. The molecular weight excluding hydrogens is 262 g/mol. The van der Waals surface area contributed by atoms with Crippen LogP contribution in [0.5, 0.6) is 0 Å².